The summed E-state index contributed by atoms with van der Waals surface area (Å²) in [6, 6.07) is 7.01. The summed E-state index contributed by atoms with van der Waals surface area (Å²) in [7, 11) is 0. The largest absolute Gasteiger partial charge is 0.489 e. The van der Waals surface area contributed by atoms with Gasteiger partial charge in [0, 0.05) is 53.7 Å². The second-order valence-corrected chi connectivity index (χ2v) is 8.79. The number of nitrogens with one attached hydrogen (secondary N) is 3. The monoisotopic (exact) mass is 448 g/mol. The molecule has 170 valence electrons. The van der Waals surface area contributed by atoms with Crippen molar-refractivity contribution in [2.45, 2.75) is 44.2 Å². The summed E-state index contributed by atoms with van der Waals surface area (Å²) in [5, 5.41) is 6.47. The number of hydrogen-bond donors (Lipinski definition) is 3. The van der Waals surface area contributed by atoms with Gasteiger partial charge < -0.3 is 25.1 Å². The highest BCUT2D eigenvalue weighted by Crippen LogP contribution is 2.50. The number of aromatic nitrogens is 2. The fourth-order valence-electron chi connectivity index (χ4n) is 4.74. The molecule has 1 saturated heterocycles. The fraction of sp³-hybridized carbons (Fsp3) is 0.360. The van der Waals surface area contributed by atoms with Gasteiger partial charge in [0.15, 0.2) is 0 Å². The lowest BCUT2D eigenvalue weighted by Gasteiger charge is -2.26. The van der Waals surface area contributed by atoms with Crippen molar-refractivity contribution >= 4 is 17.3 Å². The number of pyridine rings is 1. The zero-order chi connectivity index (χ0) is 22.5. The molecule has 4 heterocycles. The van der Waals surface area contributed by atoms with Crippen molar-refractivity contribution in [2.24, 2.45) is 0 Å². The number of fused-ring (bicyclic) bond motifs is 3. The van der Waals surface area contributed by atoms with E-state index in [-0.39, 0.29) is 29.8 Å². The maximum Gasteiger partial charge on any atom is 0.255 e. The number of rotatable bonds is 7. The van der Waals surface area contributed by atoms with Crippen LogP contribution in [-0.2, 0) is 11.2 Å². The number of H-pyrrole nitrogens is 1. The van der Waals surface area contributed by atoms with Crippen molar-refractivity contribution < 1.29 is 18.7 Å². The molecule has 33 heavy (non-hydrogen) atoms. The average molecular weight is 448 g/mol. The Hall–Kier alpha value is -3.39. The lowest BCUT2D eigenvalue weighted by atomic mass is 10.0. The summed E-state index contributed by atoms with van der Waals surface area (Å²) in [5.74, 6) is 0.480. The first-order valence-corrected chi connectivity index (χ1v) is 11.4. The van der Waals surface area contributed by atoms with Crippen LogP contribution in [0, 0.1) is 5.82 Å². The molecular formula is C25H25FN4O3. The summed E-state index contributed by atoms with van der Waals surface area (Å²) >= 11 is 0. The Kier molecular flexibility index (Phi) is 4.83. The lowest BCUT2D eigenvalue weighted by Crippen LogP contribution is -2.32. The third-order valence-electron chi connectivity index (χ3n) is 6.74. The van der Waals surface area contributed by atoms with Gasteiger partial charge in [0.05, 0.1) is 29.2 Å². The van der Waals surface area contributed by atoms with E-state index in [9.17, 15) is 9.18 Å². The average Bonchev–Trinajstić information content (AvgIpc) is 3.45. The number of amides is 1. The van der Waals surface area contributed by atoms with Gasteiger partial charge in [-0.3, -0.25) is 9.78 Å². The molecule has 7 nitrogen and oxygen atoms in total. The van der Waals surface area contributed by atoms with Crippen molar-refractivity contribution in [3.8, 4) is 17.0 Å². The van der Waals surface area contributed by atoms with E-state index in [1.165, 1.54) is 6.07 Å². The van der Waals surface area contributed by atoms with Gasteiger partial charge in [0.25, 0.3) is 5.91 Å². The Morgan fingerprint density at radius 1 is 1.33 bits per heavy atom. The van der Waals surface area contributed by atoms with Crippen LogP contribution in [0.2, 0.25) is 0 Å². The van der Waals surface area contributed by atoms with E-state index in [0.717, 1.165) is 36.4 Å². The van der Waals surface area contributed by atoms with E-state index in [0.29, 0.717) is 41.3 Å². The molecule has 0 unspecified atom stereocenters. The molecule has 8 heteroatoms. The van der Waals surface area contributed by atoms with Crippen molar-refractivity contribution in [1.29, 1.82) is 0 Å². The summed E-state index contributed by atoms with van der Waals surface area (Å²) in [6.07, 6.45) is 5.88. The predicted molar refractivity (Wildman–Crippen MR) is 122 cm³/mol. The highest BCUT2D eigenvalue weighted by molar-refractivity contribution is 6.07. The zero-order valence-electron chi connectivity index (χ0n) is 18.3. The molecule has 3 aliphatic rings. The first-order valence-electron chi connectivity index (χ1n) is 11.4. The van der Waals surface area contributed by atoms with Gasteiger partial charge in [-0.25, -0.2) is 4.39 Å². The van der Waals surface area contributed by atoms with E-state index in [4.69, 9.17) is 9.47 Å². The van der Waals surface area contributed by atoms with Gasteiger partial charge in [-0.2, -0.15) is 0 Å². The normalized spacial score (nSPS) is 22.6. The van der Waals surface area contributed by atoms with Crippen LogP contribution in [0.5, 0.6) is 5.75 Å². The number of carbonyl (C=O) groups excluding carboxylic acids is 1. The van der Waals surface area contributed by atoms with Gasteiger partial charge >= 0.3 is 0 Å². The molecule has 0 radical (unpaired) electrons. The number of carbonyl (C=O) groups is 1. The van der Waals surface area contributed by atoms with Crippen molar-refractivity contribution in [1.82, 2.24) is 15.3 Å². The molecule has 2 aliphatic heterocycles. The Morgan fingerprint density at radius 3 is 3.00 bits per heavy atom. The van der Waals surface area contributed by atoms with Gasteiger partial charge in [-0.1, -0.05) is 13.0 Å². The molecule has 3 N–H and O–H groups in total. The molecule has 1 saturated carbocycles. The number of nitrogens with zero attached hydrogens (tertiary/aromatic N) is 1. The topological polar surface area (TPSA) is 88.3 Å². The number of benzene rings is 1. The number of aromatic amines is 1. The molecule has 0 spiro atoms. The third-order valence-corrected chi connectivity index (χ3v) is 6.74. The highest BCUT2D eigenvalue weighted by atomic mass is 19.1. The number of halogens is 1. The van der Waals surface area contributed by atoms with Crippen LogP contribution in [0.3, 0.4) is 0 Å². The molecule has 1 aromatic carbocycles. The predicted octanol–water partition coefficient (Wildman–Crippen LogP) is 4.29. The number of hydrogen-bond acceptors (Lipinski definition) is 5. The Bertz CT molecular complexity index is 1240. The minimum Gasteiger partial charge on any atom is -0.489 e. The zero-order valence-corrected chi connectivity index (χ0v) is 18.3. The quantitative estimate of drug-likeness (QED) is 0.502. The van der Waals surface area contributed by atoms with Crippen molar-refractivity contribution in [2.75, 3.05) is 18.5 Å². The molecule has 1 aliphatic carbocycles. The molecule has 1 amide bonds. The summed E-state index contributed by atoms with van der Waals surface area (Å²) in [6.45, 7) is 3.11. The molecular weight excluding hydrogens is 423 g/mol. The molecule has 2 aromatic heterocycles. The number of ether oxygens (including phenoxy) is 2. The van der Waals surface area contributed by atoms with Crippen LogP contribution < -0.4 is 15.4 Å². The first-order chi connectivity index (χ1) is 16.1. The Labute approximate surface area is 190 Å². The third kappa shape index (κ3) is 3.45. The summed E-state index contributed by atoms with van der Waals surface area (Å²) < 4.78 is 26.0. The van der Waals surface area contributed by atoms with E-state index in [1.54, 1.807) is 18.5 Å². The van der Waals surface area contributed by atoms with Crippen molar-refractivity contribution in [3.05, 3.63) is 59.3 Å². The minimum atomic E-state index is -0.270. The van der Waals surface area contributed by atoms with Crippen LogP contribution in [-0.4, -0.2) is 41.2 Å². The molecule has 3 atom stereocenters. The lowest BCUT2D eigenvalue weighted by molar-refractivity contribution is -0.0720. The highest BCUT2D eigenvalue weighted by Gasteiger charge is 2.48. The second-order valence-electron chi connectivity index (χ2n) is 8.79. The molecule has 0 bridgehead atoms. The van der Waals surface area contributed by atoms with E-state index in [2.05, 4.69) is 20.6 Å². The van der Waals surface area contributed by atoms with Gasteiger partial charge in [0.1, 0.15) is 18.2 Å². The fourth-order valence-corrected chi connectivity index (χ4v) is 4.74. The Balaban J connectivity index is 1.46. The standard InChI is InChI=1S/C25H25FN4O3/c1-2-14-17(26)4-3-5-18(14)28-24-21-22(16-10-19(16)29-25(21)31)30-23(24)15-6-8-27-11-20(15)33-12-13-7-9-32-13/h3-6,8,11,13,16,19,28,30H,2,7,9-10,12H2,1H3,(H,29,31)/t13-,16+,19-/m1/s1. The Morgan fingerprint density at radius 2 is 2.21 bits per heavy atom. The summed E-state index contributed by atoms with van der Waals surface area (Å²) in [5.41, 5.74) is 4.88. The van der Waals surface area contributed by atoms with Crippen LogP contribution in [0.15, 0.2) is 36.7 Å². The summed E-state index contributed by atoms with van der Waals surface area (Å²) in [4.78, 5) is 20.8. The minimum absolute atomic E-state index is 0.0879. The maximum absolute atomic E-state index is 14.5. The van der Waals surface area contributed by atoms with E-state index >= 15 is 0 Å². The van der Waals surface area contributed by atoms with Crippen molar-refractivity contribution in [3.63, 3.8) is 0 Å². The molecule has 3 aromatic rings. The van der Waals surface area contributed by atoms with Crippen LogP contribution in [0.4, 0.5) is 15.8 Å². The first kappa shape index (κ1) is 20.2. The second kappa shape index (κ2) is 7.88. The van der Waals surface area contributed by atoms with Gasteiger partial charge in [0.2, 0.25) is 0 Å². The van der Waals surface area contributed by atoms with E-state index < -0.39 is 0 Å². The van der Waals surface area contributed by atoms with Gasteiger partial charge in [-0.05, 0) is 31.0 Å². The van der Waals surface area contributed by atoms with Crippen LogP contribution >= 0.6 is 0 Å². The SMILES string of the molecule is CCc1c(F)cccc1Nc1c(-c2ccncc2OC[C@H]2CCO2)[nH]c2c1C(=O)N[C@@H]1C[C@H]21. The number of anilines is 2. The maximum atomic E-state index is 14.5. The molecule has 6 rings (SSSR count). The smallest absolute Gasteiger partial charge is 0.255 e. The van der Waals surface area contributed by atoms with E-state index in [1.807, 2.05) is 19.1 Å². The van der Waals surface area contributed by atoms with Crippen LogP contribution in [0.25, 0.3) is 11.3 Å². The van der Waals surface area contributed by atoms with Gasteiger partial charge in [-0.15, -0.1) is 0 Å². The van der Waals surface area contributed by atoms with Crippen LogP contribution in [0.1, 0.15) is 47.3 Å². The molecule has 2 fully saturated rings.